The summed E-state index contributed by atoms with van der Waals surface area (Å²) >= 11 is 3.59. The highest BCUT2D eigenvalue weighted by Crippen LogP contribution is 2.26. The normalized spacial score (nSPS) is 15.7. The maximum atomic E-state index is 5.61. The Morgan fingerprint density at radius 1 is 1.12 bits per heavy atom. The van der Waals surface area contributed by atoms with Gasteiger partial charge in [0.15, 0.2) is 0 Å². The van der Waals surface area contributed by atoms with E-state index in [4.69, 9.17) is 4.74 Å². The average molecular weight is 415 g/mol. The van der Waals surface area contributed by atoms with E-state index in [1.807, 2.05) is 6.07 Å². The molecule has 0 unspecified atom stereocenters. The molecule has 0 saturated carbocycles. The number of benzene rings is 2. The van der Waals surface area contributed by atoms with Gasteiger partial charge in [-0.2, -0.15) is 0 Å². The molecule has 2 aromatic carbocycles. The summed E-state index contributed by atoms with van der Waals surface area (Å²) in [6.45, 7) is 8.47. The van der Waals surface area contributed by atoms with Crippen molar-refractivity contribution in [2.24, 2.45) is 0 Å². The lowest BCUT2D eigenvalue weighted by Crippen LogP contribution is -2.41. The summed E-state index contributed by atoms with van der Waals surface area (Å²) in [4.78, 5) is 2.55. The van der Waals surface area contributed by atoms with Crippen LogP contribution >= 0.6 is 15.9 Å². The Labute approximate surface area is 165 Å². The van der Waals surface area contributed by atoms with Crippen LogP contribution in [0.2, 0.25) is 0 Å². The maximum Gasteiger partial charge on any atom is 0.133 e. The highest BCUT2D eigenvalue weighted by Gasteiger charge is 2.18. The highest BCUT2D eigenvalue weighted by atomic mass is 79.9. The topological polar surface area (TPSA) is 24.5 Å². The van der Waals surface area contributed by atoms with E-state index in [1.54, 1.807) is 6.08 Å². The smallest absolute Gasteiger partial charge is 0.133 e. The quantitative estimate of drug-likeness (QED) is 0.629. The Balaban J connectivity index is 1.42. The molecule has 1 aliphatic heterocycles. The summed E-state index contributed by atoms with van der Waals surface area (Å²) in [5.74, 6) is 0.864. The lowest BCUT2D eigenvalue weighted by Gasteiger charge is -2.32. The van der Waals surface area contributed by atoms with Gasteiger partial charge in [0.2, 0.25) is 0 Å². The number of rotatable bonds is 8. The van der Waals surface area contributed by atoms with E-state index in [0.29, 0.717) is 12.6 Å². The molecule has 138 valence electrons. The molecule has 1 N–H and O–H groups in total. The summed E-state index contributed by atoms with van der Waals surface area (Å²) in [5, 5.41) is 3.71. The van der Waals surface area contributed by atoms with Crippen LogP contribution in [-0.4, -0.2) is 30.6 Å². The monoisotopic (exact) mass is 414 g/mol. The highest BCUT2D eigenvalue weighted by molar-refractivity contribution is 9.10. The van der Waals surface area contributed by atoms with Crippen LogP contribution in [0.1, 0.15) is 24.0 Å². The summed E-state index contributed by atoms with van der Waals surface area (Å²) in [7, 11) is 0. The van der Waals surface area contributed by atoms with Crippen molar-refractivity contribution in [3.05, 3.63) is 76.8 Å². The molecule has 1 fully saturated rings. The van der Waals surface area contributed by atoms with Crippen molar-refractivity contribution in [1.82, 2.24) is 10.2 Å². The molecule has 3 nitrogen and oxygen atoms in total. The lowest BCUT2D eigenvalue weighted by atomic mass is 10.0. The molecule has 3 rings (SSSR count). The van der Waals surface area contributed by atoms with Crippen LogP contribution in [0.3, 0.4) is 0 Å². The van der Waals surface area contributed by atoms with Gasteiger partial charge in [-0.3, -0.25) is 4.90 Å². The molecule has 0 aromatic heterocycles. The van der Waals surface area contributed by atoms with E-state index >= 15 is 0 Å². The number of piperidine rings is 1. The van der Waals surface area contributed by atoms with Crippen molar-refractivity contribution >= 4 is 15.9 Å². The Morgan fingerprint density at radius 2 is 1.88 bits per heavy atom. The van der Waals surface area contributed by atoms with E-state index in [-0.39, 0.29) is 0 Å². The van der Waals surface area contributed by atoms with Crippen LogP contribution in [0.4, 0.5) is 0 Å². The first kappa shape index (κ1) is 19.2. The Hall–Kier alpha value is -1.62. The fourth-order valence-electron chi connectivity index (χ4n) is 3.32. The minimum atomic E-state index is 0.526. The van der Waals surface area contributed by atoms with Gasteiger partial charge in [0, 0.05) is 19.1 Å². The van der Waals surface area contributed by atoms with Crippen LogP contribution in [0.25, 0.3) is 0 Å². The summed E-state index contributed by atoms with van der Waals surface area (Å²) in [5.41, 5.74) is 2.68. The largest absolute Gasteiger partial charge is 0.488 e. The third kappa shape index (κ3) is 5.70. The van der Waals surface area contributed by atoms with Crippen molar-refractivity contribution < 1.29 is 4.74 Å². The molecule has 1 aliphatic rings. The van der Waals surface area contributed by atoms with Gasteiger partial charge in [-0.1, -0.05) is 49.1 Å². The van der Waals surface area contributed by atoms with E-state index in [9.17, 15) is 0 Å². The summed E-state index contributed by atoms with van der Waals surface area (Å²) in [6.07, 6.45) is 4.16. The minimum Gasteiger partial charge on any atom is -0.488 e. The first-order valence-electron chi connectivity index (χ1n) is 9.26. The molecular weight excluding hydrogens is 388 g/mol. The second kappa shape index (κ2) is 9.91. The van der Waals surface area contributed by atoms with Crippen molar-refractivity contribution in [3.8, 4) is 5.75 Å². The first-order chi connectivity index (χ1) is 12.7. The Kier molecular flexibility index (Phi) is 7.30. The molecule has 1 heterocycles. The minimum absolute atomic E-state index is 0.526. The molecular formula is C22H27BrN2O. The van der Waals surface area contributed by atoms with Gasteiger partial charge in [0.1, 0.15) is 12.4 Å². The van der Waals surface area contributed by atoms with Gasteiger partial charge < -0.3 is 10.1 Å². The average Bonchev–Trinajstić information content (AvgIpc) is 2.67. The molecule has 0 atom stereocenters. The Morgan fingerprint density at radius 3 is 2.58 bits per heavy atom. The fourth-order valence-corrected chi connectivity index (χ4v) is 3.86. The van der Waals surface area contributed by atoms with Crippen LogP contribution in [0.5, 0.6) is 5.75 Å². The molecule has 1 saturated heterocycles. The Bertz CT molecular complexity index is 697. The maximum absolute atomic E-state index is 5.61. The van der Waals surface area contributed by atoms with Crippen LogP contribution < -0.4 is 10.1 Å². The van der Waals surface area contributed by atoms with E-state index in [2.05, 4.69) is 75.2 Å². The zero-order valence-electron chi connectivity index (χ0n) is 15.2. The standard InChI is InChI=1S/C22H27BrN2O/c1-2-14-26-22-9-8-19(15-21(22)23)16-24-20-10-12-25(13-11-20)17-18-6-4-3-5-7-18/h2-9,15,20,24H,1,10-14,16-17H2. The lowest BCUT2D eigenvalue weighted by molar-refractivity contribution is 0.190. The first-order valence-corrected chi connectivity index (χ1v) is 10.1. The van der Waals surface area contributed by atoms with E-state index in [1.165, 1.54) is 24.0 Å². The summed E-state index contributed by atoms with van der Waals surface area (Å²) in [6, 6.07) is 17.6. The molecule has 0 spiro atoms. The van der Waals surface area contributed by atoms with Gasteiger partial charge in [-0.05, 0) is 65.1 Å². The summed E-state index contributed by atoms with van der Waals surface area (Å²) < 4.78 is 6.60. The van der Waals surface area contributed by atoms with Crippen LogP contribution in [-0.2, 0) is 13.1 Å². The van der Waals surface area contributed by atoms with E-state index in [0.717, 1.165) is 36.4 Å². The SMILES string of the molecule is C=CCOc1ccc(CNC2CCN(Cc3ccccc3)CC2)cc1Br. The number of nitrogens with one attached hydrogen (secondary N) is 1. The molecule has 0 amide bonds. The van der Waals surface area contributed by atoms with Gasteiger partial charge in [0.05, 0.1) is 4.47 Å². The number of hydrogen-bond donors (Lipinski definition) is 1. The third-order valence-electron chi connectivity index (χ3n) is 4.78. The zero-order chi connectivity index (χ0) is 18.2. The second-order valence-electron chi connectivity index (χ2n) is 6.78. The molecule has 2 aromatic rings. The van der Waals surface area contributed by atoms with Crippen molar-refractivity contribution in [1.29, 1.82) is 0 Å². The van der Waals surface area contributed by atoms with Crippen molar-refractivity contribution in [2.75, 3.05) is 19.7 Å². The van der Waals surface area contributed by atoms with Gasteiger partial charge in [-0.15, -0.1) is 0 Å². The van der Waals surface area contributed by atoms with Gasteiger partial charge in [0.25, 0.3) is 0 Å². The number of ether oxygens (including phenoxy) is 1. The predicted molar refractivity (Wildman–Crippen MR) is 111 cm³/mol. The molecule has 0 bridgehead atoms. The molecule has 26 heavy (non-hydrogen) atoms. The molecule has 0 radical (unpaired) electrons. The zero-order valence-corrected chi connectivity index (χ0v) is 16.7. The van der Waals surface area contributed by atoms with E-state index < -0.39 is 0 Å². The van der Waals surface area contributed by atoms with Crippen molar-refractivity contribution in [2.45, 2.75) is 32.0 Å². The number of halogens is 1. The number of nitrogens with zero attached hydrogens (tertiary/aromatic N) is 1. The number of hydrogen-bond acceptors (Lipinski definition) is 3. The van der Waals surface area contributed by atoms with Gasteiger partial charge >= 0.3 is 0 Å². The predicted octanol–water partition coefficient (Wildman–Crippen LogP) is 4.77. The molecule has 4 heteroatoms. The van der Waals surface area contributed by atoms with Crippen LogP contribution in [0, 0.1) is 0 Å². The van der Waals surface area contributed by atoms with Crippen LogP contribution in [0.15, 0.2) is 65.7 Å². The third-order valence-corrected chi connectivity index (χ3v) is 5.40. The number of likely N-dealkylation sites (tertiary alicyclic amines) is 1. The molecule has 0 aliphatic carbocycles. The van der Waals surface area contributed by atoms with Gasteiger partial charge in [-0.25, -0.2) is 0 Å². The second-order valence-corrected chi connectivity index (χ2v) is 7.64. The fraction of sp³-hybridized carbons (Fsp3) is 0.364. The van der Waals surface area contributed by atoms with Crippen molar-refractivity contribution in [3.63, 3.8) is 0 Å².